The molecule has 10 nitrogen and oxygen atoms in total. The first-order valence-electron chi connectivity index (χ1n) is 17.5. The van der Waals surface area contributed by atoms with E-state index in [1.165, 1.54) is 18.5 Å². The van der Waals surface area contributed by atoms with Gasteiger partial charge in [-0.2, -0.15) is 0 Å². The van der Waals surface area contributed by atoms with Crippen molar-refractivity contribution in [1.29, 1.82) is 0 Å². The van der Waals surface area contributed by atoms with Crippen molar-refractivity contribution in [3.63, 3.8) is 0 Å². The molecule has 0 saturated heterocycles. The van der Waals surface area contributed by atoms with Crippen molar-refractivity contribution in [2.75, 3.05) is 56.5 Å². The second-order valence-electron chi connectivity index (χ2n) is 13.6. The van der Waals surface area contributed by atoms with E-state index in [2.05, 4.69) is 69.2 Å². The molecular formula is C32H68O10P4S4. The van der Waals surface area contributed by atoms with E-state index < -0.39 is 30.3 Å². The molecule has 0 heterocycles. The summed E-state index contributed by atoms with van der Waals surface area (Å²) in [5, 5.41) is 0. The van der Waals surface area contributed by atoms with Gasteiger partial charge in [-0.1, -0.05) is 101 Å². The molecule has 0 radical (unpaired) electrons. The van der Waals surface area contributed by atoms with Crippen molar-refractivity contribution >= 4 is 81.8 Å². The van der Waals surface area contributed by atoms with E-state index in [9.17, 15) is 4.79 Å². The highest BCUT2D eigenvalue weighted by atomic mass is 32.7. The van der Waals surface area contributed by atoms with Gasteiger partial charge in [0.15, 0.2) is 0 Å². The fourth-order valence-corrected chi connectivity index (χ4v) is 16.5. The lowest BCUT2D eigenvalue weighted by Gasteiger charge is -2.27. The number of esters is 1. The zero-order valence-electron chi connectivity index (χ0n) is 33.0. The summed E-state index contributed by atoms with van der Waals surface area (Å²) in [6.07, 6.45) is 0.0338. The van der Waals surface area contributed by atoms with Crippen LogP contribution in [0.15, 0.2) is 0 Å². The van der Waals surface area contributed by atoms with E-state index in [4.69, 9.17) is 40.9 Å². The van der Waals surface area contributed by atoms with E-state index >= 15 is 0 Å². The monoisotopic (exact) mass is 864 g/mol. The van der Waals surface area contributed by atoms with Crippen molar-refractivity contribution in [3.05, 3.63) is 0 Å². The van der Waals surface area contributed by atoms with Gasteiger partial charge in [0.2, 0.25) is 30.3 Å². The molecule has 4 unspecified atom stereocenters. The van der Waals surface area contributed by atoms with Crippen LogP contribution in [-0.2, 0) is 45.7 Å². The van der Waals surface area contributed by atoms with E-state index in [-0.39, 0.29) is 30.4 Å². The fourth-order valence-electron chi connectivity index (χ4n) is 2.74. The second-order valence-corrected chi connectivity index (χ2v) is 26.4. The predicted octanol–water partition coefficient (Wildman–Crippen LogP) is 12.7. The molecule has 0 aliphatic carbocycles. The summed E-state index contributed by atoms with van der Waals surface area (Å²) >= 11 is 6.53. The SMILES string of the molecule is COC(=O)CCSP(OC(C)C)OC(C)CSP(OC(C)CSP(OCC(C)C)OCC(C)C)OC(C)CSP(OCC(C)C)OCC(C)C. The average Bonchev–Trinajstić information content (AvgIpc) is 3.01. The number of methoxy groups -OCH3 is 1. The molecule has 0 bridgehead atoms. The van der Waals surface area contributed by atoms with Gasteiger partial charge in [0.05, 0.1) is 64.4 Å². The maximum atomic E-state index is 11.6. The highest BCUT2D eigenvalue weighted by Crippen LogP contribution is 2.59. The third-order valence-corrected chi connectivity index (χ3v) is 18.6. The van der Waals surface area contributed by atoms with E-state index in [0.29, 0.717) is 68.0 Å². The van der Waals surface area contributed by atoms with Crippen molar-refractivity contribution in [2.24, 2.45) is 23.7 Å². The molecule has 0 aromatic rings. The van der Waals surface area contributed by atoms with Gasteiger partial charge >= 0.3 is 5.97 Å². The number of hydrogen-bond acceptors (Lipinski definition) is 14. The Kier molecular flexibility index (Phi) is 33.8. The summed E-state index contributed by atoms with van der Waals surface area (Å²) in [5.74, 6) is 4.18. The van der Waals surface area contributed by atoms with Crippen LogP contribution in [0.2, 0.25) is 0 Å². The van der Waals surface area contributed by atoms with Crippen LogP contribution in [0.1, 0.15) is 96.4 Å². The summed E-state index contributed by atoms with van der Waals surface area (Å²) in [4.78, 5) is 11.6. The van der Waals surface area contributed by atoms with E-state index in [0.717, 1.165) is 11.5 Å². The average molecular weight is 865 g/mol. The molecule has 0 fully saturated rings. The maximum absolute atomic E-state index is 11.6. The zero-order valence-corrected chi connectivity index (χ0v) is 39.8. The molecule has 0 amide bonds. The Hall–Kier alpha value is 2.27. The molecule has 18 heteroatoms. The van der Waals surface area contributed by atoms with Gasteiger partial charge in [-0.15, -0.1) is 0 Å². The normalized spacial score (nSPS) is 15.6. The summed E-state index contributed by atoms with van der Waals surface area (Å²) in [5.41, 5.74) is 0. The predicted molar refractivity (Wildman–Crippen MR) is 225 cm³/mol. The Morgan fingerprint density at radius 2 is 0.800 bits per heavy atom. The lowest BCUT2D eigenvalue weighted by atomic mass is 10.2. The highest BCUT2D eigenvalue weighted by Gasteiger charge is 2.26. The third-order valence-electron chi connectivity index (χ3n) is 5.12. The molecule has 0 aromatic heterocycles. The zero-order chi connectivity index (χ0) is 38.1. The molecule has 0 aliphatic heterocycles. The lowest BCUT2D eigenvalue weighted by Crippen LogP contribution is -2.15. The summed E-state index contributed by atoms with van der Waals surface area (Å²) in [7, 11) is -3.29. The van der Waals surface area contributed by atoms with Gasteiger partial charge < -0.3 is 40.9 Å². The lowest BCUT2D eigenvalue weighted by molar-refractivity contribution is -0.140. The van der Waals surface area contributed by atoms with Crippen LogP contribution in [0.4, 0.5) is 0 Å². The van der Waals surface area contributed by atoms with Crippen LogP contribution in [-0.4, -0.2) is 86.9 Å². The van der Waals surface area contributed by atoms with Gasteiger partial charge in [-0.3, -0.25) is 4.79 Å². The largest absolute Gasteiger partial charge is 0.469 e. The van der Waals surface area contributed by atoms with E-state index in [1.807, 2.05) is 20.8 Å². The highest BCUT2D eigenvalue weighted by molar-refractivity contribution is 8.54. The van der Waals surface area contributed by atoms with Crippen molar-refractivity contribution in [3.8, 4) is 0 Å². The fraction of sp³-hybridized carbons (Fsp3) is 0.969. The Balaban J connectivity index is 5.51. The number of ether oxygens (including phenoxy) is 1. The first kappa shape index (κ1) is 52.3. The van der Waals surface area contributed by atoms with Crippen LogP contribution in [0.25, 0.3) is 0 Å². The Morgan fingerprint density at radius 3 is 1.10 bits per heavy atom. The summed E-state index contributed by atoms with van der Waals surface area (Å²) in [6, 6.07) is 0. The van der Waals surface area contributed by atoms with E-state index in [1.54, 1.807) is 34.1 Å². The minimum Gasteiger partial charge on any atom is -0.469 e. The third kappa shape index (κ3) is 32.5. The molecule has 4 atom stereocenters. The number of carbonyl (C=O) groups is 1. The number of carbonyl (C=O) groups excluding carboxylic acids is 1. The number of rotatable bonds is 33. The molecule has 0 saturated carbocycles. The quantitative estimate of drug-likeness (QED) is 0.0462. The van der Waals surface area contributed by atoms with Gasteiger partial charge in [-0.25, -0.2) is 0 Å². The summed E-state index contributed by atoms with van der Waals surface area (Å²) in [6.45, 7) is 30.0. The molecule has 0 rings (SSSR count). The van der Waals surface area contributed by atoms with Gasteiger partial charge in [0, 0.05) is 23.0 Å². The summed E-state index contributed by atoms with van der Waals surface area (Å²) < 4.78 is 54.9. The first-order chi connectivity index (χ1) is 23.5. The molecule has 0 aromatic carbocycles. The van der Waals surface area contributed by atoms with Gasteiger partial charge in [0.1, 0.15) is 0 Å². The van der Waals surface area contributed by atoms with Crippen LogP contribution >= 0.6 is 75.8 Å². The smallest absolute Gasteiger partial charge is 0.306 e. The Bertz CT molecular complexity index is 763. The topological polar surface area (TPSA) is 100 Å². The molecule has 50 heavy (non-hydrogen) atoms. The standard InChI is InChI=1S/C32H68O10P4S4/c1-24(2)17-35-43(36-18-25(3)4)48-21-29(11)41-46(42-30(12)22-49-44(37-19-26(5)6)38-20-27(7)8)50-23-31(13)40-45(39-28(9)10)47-16-15-32(33)34-14/h24-31H,15-23H2,1-14H3. The number of hydrogen-bond donors (Lipinski definition) is 0. The van der Waals surface area contributed by atoms with Crippen LogP contribution in [0, 0.1) is 23.7 Å². The molecule has 0 spiro atoms. The van der Waals surface area contributed by atoms with Crippen molar-refractivity contribution in [2.45, 2.75) is 121 Å². The maximum Gasteiger partial charge on any atom is 0.306 e. The van der Waals surface area contributed by atoms with Crippen LogP contribution in [0.3, 0.4) is 0 Å². The Morgan fingerprint density at radius 1 is 0.480 bits per heavy atom. The molecular weight excluding hydrogens is 797 g/mol. The minimum absolute atomic E-state index is 0.00566. The van der Waals surface area contributed by atoms with Crippen molar-refractivity contribution in [1.82, 2.24) is 0 Å². The second kappa shape index (κ2) is 32.4. The van der Waals surface area contributed by atoms with Crippen molar-refractivity contribution < 1.29 is 45.7 Å². The van der Waals surface area contributed by atoms with Gasteiger partial charge in [-0.05, 0) is 58.3 Å². The minimum atomic E-state index is -1.31. The molecule has 0 N–H and O–H groups in total. The molecule has 300 valence electrons. The van der Waals surface area contributed by atoms with Crippen LogP contribution < -0.4 is 0 Å². The van der Waals surface area contributed by atoms with Crippen LogP contribution in [0.5, 0.6) is 0 Å². The Labute approximate surface area is 326 Å². The molecule has 0 aliphatic rings. The first-order valence-corrected chi connectivity index (χ1v) is 28.5. The van der Waals surface area contributed by atoms with Gasteiger partial charge in [0.25, 0.3) is 0 Å².